The molecule has 1 aromatic carbocycles. The number of benzene rings is 1. The topological polar surface area (TPSA) is 55.4 Å². The summed E-state index contributed by atoms with van der Waals surface area (Å²) in [5.41, 5.74) is 0.844. The molecule has 1 N–H and O–H groups in total. The van der Waals surface area contributed by atoms with Crippen molar-refractivity contribution in [1.29, 1.82) is 0 Å². The normalized spacial score (nSPS) is 21.9. The summed E-state index contributed by atoms with van der Waals surface area (Å²) in [4.78, 5) is 24.2. The van der Waals surface area contributed by atoms with Gasteiger partial charge in [0.1, 0.15) is 5.75 Å². The molecule has 4 nitrogen and oxygen atoms in total. The molecule has 2 rings (SSSR count). The Morgan fingerprint density at radius 3 is 2.55 bits per heavy atom. The monoisotopic (exact) mass is 303 g/mol. The van der Waals surface area contributed by atoms with E-state index in [1.54, 1.807) is 7.11 Å². The predicted octanol–water partition coefficient (Wildman–Crippen LogP) is 2.92. The van der Waals surface area contributed by atoms with E-state index in [1.165, 1.54) is 6.92 Å². The van der Waals surface area contributed by atoms with E-state index < -0.39 is 6.04 Å². The molecule has 0 aromatic heterocycles. The molecule has 0 aliphatic heterocycles. The Labute approximate surface area is 132 Å². The highest BCUT2D eigenvalue weighted by Crippen LogP contribution is 2.48. The number of rotatable bonds is 5. The van der Waals surface area contributed by atoms with Gasteiger partial charge in [0.05, 0.1) is 13.2 Å². The third-order valence-corrected chi connectivity index (χ3v) is 4.21. The number of ether oxygens (including phenoxy) is 1. The molecule has 0 bridgehead atoms. The summed E-state index contributed by atoms with van der Waals surface area (Å²) in [6.07, 6.45) is 0.827. The van der Waals surface area contributed by atoms with Crippen molar-refractivity contribution in [3.63, 3.8) is 0 Å². The molecule has 1 aromatic rings. The van der Waals surface area contributed by atoms with Gasteiger partial charge in [0.25, 0.3) is 0 Å². The molecular formula is C18H25NO3. The fourth-order valence-corrected chi connectivity index (χ4v) is 2.90. The van der Waals surface area contributed by atoms with Crippen molar-refractivity contribution in [1.82, 2.24) is 5.32 Å². The molecule has 1 saturated carbocycles. The molecule has 0 saturated heterocycles. The molecule has 0 radical (unpaired) electrons. The zero-order valence-electron chi connectivity index (χ0n) is 14.0. The van der Waals surface area contributed by atoms with Gasteiger partial charge in [-0.05, 0) is 42.4 Å². The lowest BCUT2D eigenvalue weighted by molar-refractivity contribution is -0.129. The molecule has 1 aliphatic carbocycles. The van der Waals surface area contributed by atoms with E-state index in [1.807, 2.05) is 45.0 Å². The van der Waals surface area contributed by atoms with E-state index in [2.05, 4.69) is 5.32 Å². The molecule has 4 heteroatoms. The van der Waals surface area contributed by atoms with E-state index in [0.717, 1.165) is 17.7 Å². The van der Waals surface area contributed by atoms with Gasteiger partial charge in [0.15, 0.2) is 5.78 Å². The Balaban J connectivity index is 2.02. The molecule has 0 spiro atoms. The molecule has 0 heterocycles. The Hall–Kier alpha value is -1.84. The fourth-order valence-electron chi connectivity index (χ4n) is 2.90. The van der Waals surface area contributed by atoms with Gasteiger partial charge in [-0.3, -0.25) is 9.59 Å². The van der Waals surface area contributed by atoms with Gasteiger partial charge in [-0.15, -0.1) is 0 Å². The highest BCUT2D eigenvalue weighted by Gasteiger charge is 2.45. The van der Waals surface area contributed by atoms with Gasteiger partial charge in [-0.25, -0.2) is 0 Å². The number of carbonyl (C=O) groups excluding carboxylic acids is 2. The van der Waals surface area contributed by atoms with Crippen molar-refractivity contribution in [3.05, 3.63) is 29.8 Å². The third-order valence-electron chi connectivity index (χ3n) is 4.21. The quantitative estimate of drug-likeness (QED) is 0.910. The first kappa shape index (κ1) is 16.5. The van der Waals surface area contributed by atoms with Crippen LogP contribution in [-0.4, -0.2) is 24.8 Å². The number of Topliss-reactive ketones (excluding diaryl/α,β-unsaturated/α-hetero) is 1. The molecule has 120 valence electrons. The number of carbonyl (C=O) groups is 2. The van der Waals surface area contributed by atoms with Gasteiger partial charge in [-0.2, -0.15) is 0 Å². The largest absolute Gasteiger partial charge is 0.497 e. The molecule has 22 heavy (non-hydrogen) atoms. The van der Waals surface area contributed by atoms with Crippen molar-refractivity contribution < 1.29 is 14.3 Å². The average molecular weight is 303 g/mol. The molecule has 1 fully saturated rings. The summed E-state index contributed by atoms with van der Waals surface area (Å²) in [6, 6.07) is 7.39. The zero-order chi connectivity index (χ0) is 16.5. The van der Waals surface area contributed by atoms with E-state index in [4.69, 9.17) is 4.74 Å². The average Bonchev–Trinajstić information content (AvgIpc) is 3.23. The zero-order valence-corrected chi connectivity index (χ0v) is 14.0. The van der Waals surface area contributed by atoms with Crippen LogP contribution in [0.2, 0.25) is 0 Å². The highest BCUT2D eigenvalue weighted by atomic mass is 16.5. The van der Waals surface area contributed by atoms with Gasteiger partial charge in [0, 0.05) is 5.92 Å². The number of hydrogen-bond acceptors (Lipinski definition) is 3. The van der Waals surface area contributed by atoms with Crippen LogP contribution in [0.15, 0.2) is 24.3 Å². The molecule has 1 aliphatic rings. The number of nitrogens with one attached hydrogen (secondary N) is 1. The number of amides is 1. The van der Waals surface area contributed by atoms with Crippen molar-refractivity contribution in [3.8, 4) is 5.75 Å². The second-order valence-electron chi connectivity index (χ2n) is 7.14. The van der Waals surface area contributed by atoms with Crippen LogP contribution in [0.25, 0.3) is 0 Å². The molecule has 3 atom stereocenters. The van der Waals surface area contributed by atoms with Crippen molar-refractivity contribution in [2.75, 3.05) is 7.11 Å². The van der Waals surface area contributed by atoms with Gasteiger partial charge < -0.3 is 10.1 Å². The summed E-state index contributed by atoms with van der Waals surface area (Å²) < 4.78 is 5.22. The van der Waals surface area contributed by atoms with Crippen LogP contribution in [-0.2, 0) is 9.59 Å². The summed E-state index contributed by atoms with van der Waals surface area (Å²) >= 11 is 0. The van der Waals surface area contributed by atoms with E-state index in [0.29, 0.717) is 0 Å². The lowest BCUT2D eigenvalue weighted by Gasteiger charge is -2.29. The summed E-state index contributed by atoms with van der Waals surface area (Å²) in [7, 11) is 1.64. The molecule has 1 amide bonds. The predicted molar refractivity (Wildman–Crippen MR) is 85.9 cm³/mol. The SMILES string of the molecule is COc1cccc(C2C[C@H]2C(=O)N[C@H](C(C)=O)C(C)(C)C)c1. The fraction of sp³-hybridized carbons (Fsp3) is 0.556. The standard InChI is InChI=1S/C18H25NO3/c1-11(20)16(18(2,3)4)19-17(21)15-10-14(15)12-7-6-8-13(9-12)22-5/h6-9,14-16H,10H2,1-5H3,(H,19,21)/t14?,15-,16-/m1/s1. The second-order valence-corrected chi connectivity index (χ2v) is 7.14. The number of hydrogen-bond donors (Lipinski definition) is 1. The Morgan fingerprint density at radius 1 is 1.32 bits per heavy atom. The van der Waals surface area contributed by atoms with Crippen LogP contribution < -0.4 is 10.1 Å². The van der Waals surface area contributed by atoms with Crippen molar-refractivity contribution in [2.24, 2.45) is 11.3 Å². The lowest BCUT2D eigenvalue weighted by atomic mass is 9.84. The van der Waals surface area contributed by atoms with Gasteiger partial charge in [-0.1, -0.05) is 32.9 Å². The third kappa shape index (κ3) is 3.67. The first-order valence-corrected chi connectivity index (χ1v) is 7.69. The maximum Gasteiger partial charge on any atom is 0.224 e. The first-order valence-electron chi connectivity index (χ1n) is 7.69. The van der Waals surface area contributed by atoms with Crippen LogP contribution in [0.5, 0.6) is 5.75 Å². The van der Waals surface area contributed by atoms with E-state index in [-0.39, 0.29) is 28.9 Å². The maximum absolute atomic E-state index is 12.4. The smallest absolute Gasteiger partial charge is 0.224 e. The number of ketones is 1. The Kier molecular flexibility index (Phi) is 4.59. The summed E-state index contributed by atoms with van der Waals surface area (Å²) in [5, 5.41) is 2.93. The van der Waals surface area contributed by atoms with Crippen molar-refractivity contribution in [2.45, 2.75) is 46.1 Å². The van der Waals surface area contributed by atoms with E-state index in [9.17, 15) is 9.59 Å². The van der Waals surface area contributed by atoms with Gasteiger partial charge in [0.2, 0.25) is 5.91 Å². The maximum atomic E-state index is 12.4. The lowest BCUT2D eigenvalue weighted by Crippen LogP contribution is -2.48. The summed E-state index contributed by atoms with van der Waals surface area (Å²) in [6.45, 7) is 7.42. The van der Waals surface area contributed by atoms with Crippen LogP contribution in [0, 0.1) is 11.3 Å². The minimum absolute atomic E-state index is 0.000527. The Bertz CT molecular complexity index is 574. The Morgan fingerprint density at radius 2 is 2.00 bits per heavy atom. The molecule has 1 unspecified atom stereocenters. The van der Waals surface area contributed by atoms with Gasteiger partial charge >= 0.3 is 0 Å². The van der Waals surface area contributed by atoms with Crippen LogP contribution in [0.3, 0.4) is 0 Å². The molecular weight excluding hydrogens is 278 g/mol. The minimum Gasteiger partial charge on any atom is -0.497 e. The number of methoxy groups -OCH3 is 1. The van der Waals surface area contributed by atoms with E-state index >= 15 is 0 Å². The summed E-state index contributed by atoms with van der Waals surface area (Å²) in [5.74, 6) is 0.959. The second kappa shape index (κ2) is 6.11. The van der Waals surface area contributed by atoms with Crippen LogP contribution in [0.1, 0.15) is 45.6 Å². The first-order chi connectivity index (χ1) is 10.2. The highest BCUT2D eigenvalue weighted by molar-refractivity contribution is 5.90. The minimum atomic E-state index is -0.438. The van der Waals surface area contributed by atoms with Crippen LogP contribution >= 0.6 is 0 Å². The van der Waals surface area contributed by atoms with Crippen LogP contribution in [0.4, 0.5) is 0 Å². The van der Waals surface area contributed by atoms with Crippen molar-refractivity contribution >= 4 is 11.7 Å².